The Morgan fingerprint density at radius 2 is 1.80 bits per heavy atom. The van der Waals surface area contributed by atoms with E-state index < -0.39 is 17.4 Å². The van der Waals surface area contributed by atoms with Crippen LogP contribution in [0, 0.1) is 5.92 Å². The van der Waals surface area contributed by atoms with Crippen molar-refractivity contribution in [3.05, 3.63) is 69.2 Å². The summed E-state index contributed by atoms with van der Waals surface area (Å²) in [5.41, 5.74) is 0.470. The number of fused-ring (bicyclic) bond motifs is 3. The van der Waals surface area contributed by atoms with Crippen LogP contribution in [0.1, 0.15) is 53.7 Å². The second-order valence-corrected chi connectivity index (χ2v) is 9.10. The van der Waals surface area contributed by atoms with E-state index >= 15 is 0 Å². The zero-order valence-corrected chi connectivity index (χ0v) is 18.2. The summed E-state index contributed by atoms with van der Waals surface area (Å²) in [5, 5.41) is 2.83. The van der Waals surface area contributed by atoms with Gasteiger partial charge in [-0.2, -0.15) is 0 Å². The van der Waals surface area contributed by atoms with Gasteiger partial charge in [0, 0.05) is 18.5 Å². The predicted molar refractivity (Wildman–Crippen MR) is 115 cm³/mol. The number of carbonyl (C=O) groups is 1. The van der Waals surface area contributed by atoms with E-state index in [1.807, 2.05) is 30.3 Å². The average molecular weight is 453 g/mol. The highest BCUT2D eigenvalue weighted by Gasteiger charge is 2.40. The number of amides is 1. The first-order valence-corrected chi connectivity index (χ1v) is 11.0. The molecule has 0 saturated carbocycles. The molecule has 3 saturated heterocycles. The number of rotatable bonds is 5. The Morgan fingerprint density at radius 3 is 2.37 bits per heavy atom. The number of halogens is 4. The quantitative estimate of drug-likeness (QED) is 0.597. The molecule has 2 aromatic carbocycles. The van der Waals surface area contributed by atoms with Crippen LogP contribution in [-0.4, -0.2) is 29.9 Å². The van der Waals surface area contributed by atoms with Gasteiger partial charge in [-0.25, -0.2) is 8.78 Å². The monoisotopic (exact) mass is 452 g/mol. The van der Waals surface area contributed by atoms with Gasteiger partial charge in [0.25, 0.3) is 11.8 Å². The molecule has 3 heterocycles. The van der Waals surface area contributed by atoms with Crippen LogP contribution < -0.4 is 5.32 Å². The Balaban J connectivity index is 1.68. The van der Waals surface area contributed by atoms with Gasteiger partial charge in [-0.15, -0.1) is 0 Å². The van der Waals surface area contributed by atoms with Crippen LogP contribution in [0.3, 0.4) is 0 Å². The van der Waals surface area contributed by atoms with Gasteiger partial charge in [-0.05, 0) is 49.9 Å². The van der Waals surface area contributed by atoms with E-state index in [0.29, 0.717) is 5.92 Å². The minimum atomic E-state index is -3.18. The van der Waals surface area contributed by atoms with E-state index in [9.17, 15) is 13.6 Å². The Kier molecular flexibility index (Phi) is 6.06. The van der Waals surface area contributed by atoms with Gasteiger partial charge < -0.3 is 5.32 Å². The molecule has 0 aliphatic carbocycles. The van der Waals surface area contributed by atoms with Crippen LogP contribution in [0.2, 0.25) is 10.0 Å². The number of alkyl halides is 2. The van der Waals surface area contributed by atoms with E-state index in [4.69, 9.17) is 23.2 Å². The van der Waals surface area contributed by atoms with Crippen molar-refractivity contribution < 1.29 is 13.6 Å². The van der Waals surface area contributed by atoms with E-state index in [1.165, 1.54) is 25.0 Å². The minimum Gasteiger partial charge on any atom is -0.344 e. The molecule has 1 amide bonds. The lowest BCUT2D eigenvalue weighted by atomic mass is 9.79. The van der Waals surface area contributed by atoms with Gasteiger partial charge in [0.1, 0.15) is 0 Å². The van der Waals surface area contributed by atoms with Crippen molar-refractivity contribution >= 4 is 29.1 Å². The van der Waals surface area contributed by atoms with Crippen molar-refractivity contribution in [2.45, 2.75) is 44.2 Å². The first-order valence-electron chi connectivity index (χ1n) is 10.2. The Bertz CT molecular complexity index is 925. The second-order valence-electron chi connectivity index (χ2n) is 8.32. The summed E-state index contributed by atoms with van der Waals surface area (Å²) < 4.78 is 27.9. The molecule has 0 radical (unpaired) electrons. The molecule has 0 unspecified atom stereocenters. The molecule has 160 valence electrons. The molecular formula is C23H24Cl2F2N2O. The molecule has 2 aromatic rings. The summed E-state index contributed by atoms with van der Waals surface area (Å²) >= 11 is 12.5. The predicted octanol–water partition coefficient (Wildman–Crippen LogP) is 6.06. The fourth-order valence-corrected chi connectivity index (χ4v) is 5.44. The molecule has 3 fully saturated rings. The van der Waals surface area contributed by atoms with E-state index in [1.54, 1.807) is 0 Å². The molecule has 5 rings (SSSR count). The van der Waals surface area contributed by atoms with Crippen LogP contribution in [-0.2, 0) is 5.92 Å². The number of piperidine rings is 3. The summed E-state index contributed by atoms with van der Waals surface area (Å²) in [7, 11) is 0. The van der Waals surface area contributed by atoms with E-state index in [0.717, 1.165) is 32.0 Å². The van der Waals surface area contributed by atoms with Gasteiger partial charge >= 0.3 is 0 Å². The normalized spacial score (nSPS) is 24.5. The van der Waals surface area contributed by atoms with Crippen molar-refractivity contribution in [1.29, 1.82) is 0 Å². The van der Waals surface area contributed by atoms with Gasteiger partial charge in [-0.1, -0.05) is 59.6 Å². The lowest BCUT2D eigenvalue weighted by molar-refractivity contribution is 0.0175. The Hall–Kier alpha value is -1.69. The zero-order valence-electron chi connectivity index (χ0n) is 16.7. The van der Waals surface area contributed by atoms with Crippen molar-refractivity contribution in [1.82, 2.24) is 10.2 Å². The zero-order chi connectivity index (χ0) is 21.5. The summed E-state index contributed by atoms with van der Waals surface area (Å²) in [5.74, 6) is -3.06. The Labute approximate surface area is 185 Å². The van der Waals surface area contributed by atoms with Crippen LogP contribution in [0.4, 0.5) is 8.78 Å². The first-order chi connectivity index (χ1) is 14.3. The van der Waals surface area contributed by atoms with Crippen molar-refractivity contribution in [3.8, 4) is 0 Å². The van der Waals surface area contributed by atoms with Crippen molar-refractivity contribution in [2.24, 2.45) is 5.92 Å². The van der Waals surface area contributed by atoms with Gasteiger partial charge in [0.15, 0.2) is 0 Å². The number of hydrogen-bond acceptors (Lipinski definition) is 2. The fourth-order valence-electron chi connectivity index (χ4n) is 4.73. The lowest BCUT2D eigenvalue weighted by Gasteiger charge is -2.48. The molecule has 3 nitrogen and oxygen atoms in total. The van der Waals surface area contributed by atoms with Gasteiger partial charge in [0.2, 0.25) is 0 Å². The average Bonchev–Trinajstić information content (AvgIpc) is 2.72. The third-order valence-electron chi connectivity index (χ3n) is 6.31. The third kappa shape index (κ3) is 4.20. The fraction of sp³-hybridized carbons (Fsp3) is 0.435. The molecule has 2 bridgehead atoms. The maximum absolute atomic E-state index is 13.9. The third-order valence-corrected chi connectivity index (χ3v) is 7.02. The molecule has 1 N–H and O–H groups in total. The molecule has 7 heteroatoms. The number of hydrogen-bond donors (Lipinski definition) is 1. The summed E-state index contributed by atoms with van der Waals surface area (Å²) in [6.07, 6.45) is 3.35. The molecule has 2 atom stereocenters. The van der Waals surface area contributed by atoms with Crippen LogP contribution in [0.25, 0.3) is 0 Å². The first kappa shape index (κ1) is 21.5. The molecular weight excluding hydrogens is 429 g/mol. The maximum Gasteiger partial charge on any atom is 0.271 e. The van der Waals surface area contributed by atoms with E-state index in [-0.39, 0.29) is 27.7 Å². The van der Waals surface area contributed by atoms with Crippen molar-refractivity contribution in [3.63, 3.8) is 0 Å². The topological polar surface area (TPSA) is 32.3 Å². The highest BCUT2D eigenvalue weighted by molar-refractivity contribution is 6.40. The SMILES string of the molecule is CC(F)(F)c1ccc(Cl)c(C(=O)N[C@@H](c2ccccc2)[C@@H]2CC3CCN2CC3)c1Cl. The molecule has 0 spiro atoms. The van der Waals surface area contributed by atoms with Crippen molar-refractivity contribution in [2.75, 3.05) is 13.1 Å². The molecule has 30 heavy (non-hydrogen) atoms. The maximum atomic E-state index is 13.9. The highest BCUT2D eigenvalue weighted by Crippen LogP contribution is 2.40. The van der Waals surface area contributed by atoms with Crippen LogP contribution in [0.15, 0.2) is 42.5 Å². The smallest absolute Gasteiger partial charge is 0.271 e. The standard InChI is InChI=1S/C23H24Cl2F2N2O/c1-23(26,27)16-7-8-17(24)19(20(16)25)22(30)28-21(15-5-3-2-4-6-15)18-13-14-9-11-29(18)12-10-14/h2-8,14,18,21H,9-13H2,1H3,(H,28,30)/t18-,21-/m0/s1. The minimum absolute atomic E-state index is 0.0581. The number of benzene rings is 2. The molecule has 3 aliphatic rings. The van der Waals surface area contributed by atoms with Crippen LogP contribution >= 0.6 is 23.2 Å². The lowest BCUT2D eigenvalue weighted by Crippen LogP contribution is -2.54. The van der Waals surface area contributed by atoms with E-state index in [2.05, 4.69) is 10.2 Å². The summed E-state index contributed by atoms with van der Waals surface area (Å²) in [6, 6.07) is 12.1. The van der Waals surface area contributed by atoms with Gasteiger partial charge in [0.05, 0.1) is 21.7 Å². The molecule has 0 aromatic heterocycles. The van der Waals surface area contributed by atoms with Gasteiger partial charge in [-0.3, -0.25) is 9.69 Å². The number of nitrogens with one attached hydrogen (secondary N) is 1. The highest BCUT2D eigenvalue weighted by atomic mass is 35.5. The number of carbonyl (C=O) groups excluding carboxylic acids is 1. The molecule has 3 aliphatic heterocycles. The second kappa shape index (κ2) is 8.45. The summed E-state index contributed by atoms with van der Waals surface area (Å²) in [4.78, 5) is 15.7. The van der Waals surface area contributed by atoms with Crippen LogP contribution in [0.5, 0.6) is 0 Å². The summed E-state index contributed by atoms with van der Waals surface area (Å²) in [6.45, 7) is 2.77. The number of nitrogens with zero attached hydrogens (tertiary/aromatic N) is 1. The Morgan fingerprint density at radius 1 is 1.13 bits per heavy atom. The largest absolute Gasteiger partial charge is 0.344 e.